The number of nitrogens with zero attached hydrogens (tertiary/aromatic N) is 3. The third-order valence-electron chi connectivity index (χ3n) is 5.26. The third-order valence-corrected chi connectivity index (χ3v) is 6.70. The van der Waals surface area contributed by atoms with Crippen LogP contribution >= 0.6 is 22.9 Å². The molecule has 0 saturated carbocycles. The van der Waals surface area contributed by atoms with Crippen molar-refractivity contribution in [3.63, 3.8) is 0 Å². The molecule has 146 valence electrons. The summed E-state index contributed by atoms with van der Waals surface area (Å²) in [6.45, 7) is 2.86. The number of likely N-dealkylation sites (N-methyl/N-ethyl adjacent to an activating group) is 1. The minimum atomic E-state index is 0.216. The molecule has 3 aromatic rings. The average Bonchev–Trinajstić information content (AvgIpc) is 3.12. The predicted molar refractivity (Wildman–Crippen MR) is 116 cm³/mol. The Balaban J connectivity index is 1.31. The van der Waals surface area contributed by atoms with Crippen LogP contribution in [0.25, 0.3) is 10.2 Å². The molecule has 0 N–H and O–H groups in total. The largest absolute Gasteiger partial charge is 0.342 e. The molecule has 0 aliphatic carbocycles. The third kappa shape index (κ3) is 4.54. The van der Waals surface area contributed by atoms with E-state index in [9.17, 15) is 4.79 Å². The molecule has 1 amide bonds. The minimum absolute atomic E-state index is 0.216. The van der Waals surface area contributed by atoms with Crippen LogP contribution in [0.4, 0.5) is 0 Å². The van der Waals surface area contributed by atoms with Gasteiger partial charge in [0.2, 0.25) is 5.91 Å². The highest BCUT2D eigenvalue weighted by Crippen LogP contribution is 2.34. The van der Waals surface area contributed by atoms with E-state index >= 15 is 0 Å². The van der Waals surface area contributed by atoms with Gasteiger partial charge in [-0.05, 0) is 43.7 Å². The maximum absolute atomic E-state index is 12.7. The van der Waals surface area contributed by atoms with Crippen molar-refractivity contribution in [3.8, 4) is 0 Å². The first-order chi connectivity index (χ1) is 13.6. The second kappa shape index (κ2) is 8.60. The Bertz CT molecular complexity index is 951. The zero-order valence-corrected chi connectivity index (χ0v) is 17.5. The topological polar surface area (TPSA) is 36.4 Å². The van der Waals surface area contributed by atoms with Crippen LogP contribution in [0.3, 0.4) is 0 Å². The normalized spacial score (nSPS) is 15.5. The lowest BCUT2D eigenvalue weighted by atomic mass is 9.97. The maximum atomic E-state index is 12.7. The van der Waals surface area contributed by atoms with Crippen LogP contribution in [-0.4, -0.2) is 47.4 Å². The van der Waals surface area contributed by atoms with Crippen molar-refractivity contribution in [2.45, 2.75) is 25.3 Å². The summed E-state index contributed by atoms with van der Waals surface area (Å²) in [6.07, 6.45) is 1.95. The highest BCUT2D eigenvalue weighted by molar-refractivity contribution is 7.18. The van der Waals surface area contributed by atoms with Crippen LogP contribution < -0.4 is 0 Å². The van der Waals surface area contributed by atoms with Gasteiger partial charge >= 0.3 is 0 Å². The summed E-state index contributed by atoms with van der Waals surface area (Å²) in [4.78, 5) is 21.5. The lowest BCUT2D eigenvalue weighted by molar-refractivity contribution is -0.133. The zero-order valence-electron chi connectivity index (χ0n) is 16.0. The molecular weight excluding hydrogens is 390 g/mol. The Labute approximate surface area is 174 Å². The number of carbonyl (C=O) groups is 1. The van der Waals surface area contributed by atoms with Gasteiger partial charge in [-0.3, -0.25) is 9.69 Å². The highest BCUT2D eigenvalue weighted by atomic mass is 35.5. The van der Waals surface area contributed by atoms with Gasteiger partial charge in [0.1, 0.15) is 0 Å². The molecule has 0 spiro atoms. The smallest absolute Gasteiger partial charge is 0.236 e. The van der Waals surface area contributed by atoms with Crippen molar-refractivity contribution in [3.05, 3.63) is 64.1 Å². The van der Waals surface area contributed by atoms with Crippen LogP contribution in [0.5, 0.6) is 0 Å². The number of hydrogen-bond acceptors (Lipinski definition) is 4. The van der Waals surface area contributed by atoms with E-state index < -0.39 is 0 Å². The fourth-order valence-electron chi connectivity index (χ4n) is 3.75. The fraction of sp³-hybridized carbons (Fsp3) is 0.364. The maximum Gasteiger partial charge on any atom is 0.236 e. The molecule has 6 heteroatoms. The number of carbonyl (C=O) groups excluding carboxylic acids is 1. The molecule has 4 nitrogen and oxygen atoms in total. The molecular formula is C22H24ClN3OS. The van der Waals surface area contributed by atoms with E-state index in [1.54, 1.807) is 11.3 Å². The molecule has 0 unspecified atom stereocenters. The van der Waals surface area contributed by atoms with Crippen LogP contribution in [0.15, 0.2) is 48.5 Å². The number of fused-ring (bicyclic) bond motifs is 1. The van der Waals surface area contributed by atoms with Gasteiger partial charge in [0.05, 0.1) is 21.8 Å². The summed E-state index contributed by atoms with van der Waals surface area (Å²) in [5, 5.41) is 1.90. The molecule has 28 heavy (non-hydrogen) atoms. The van der Waals surface area contributed by atoms with E-state index in [0.717, 1.165) is 43.0 Å². The van der Waals surface area contributed by atoms with Gasteiger partial charge in [-0.1, -0.05) is 41.9 Å². The van der Waals surface area contributed by atoms with Crippen LogP contribution in [0, 0.1) is 0 Å². The Morgan fingerprint density at radius 1 is 1.21 bits per heavy atom. The van der Waals surface area contributed by atoms with Gasteiger partial charge < -0.3 is 4.90 Å². The number of halogens is 1. The SMILES string of the molecule is CN(CC(=O)N1CCC(c2nc3cc(Cl)ccc3s2)CC1)Cc1ccccc1. The Morgan fingerprint density at radius 3 is 2.71 bits per heavy atom. The number of piperidine rings is 1. The number of likely N-dealkylation sites (tertiary alicyclic amines) is 1. The van der Waals surface area contributed by atoms with Crippen molar-refractivity contribution >= 4 is 39.1 Å². The number of hydrogen-bond donors (Lipinski definition) is 0. The molecule has 1 fully saturated rings. The number of amides is 1. The van der Waals surface area contributed by atoms with Gasteiger partial charge in [-0.25, -0.2) is 4.98 Å². The second-order valence-corrected chi connectivity index (χ2v) is 8.98. The predicted octanol–water partition coefficient (Wildman–Crippen LogP) is 4.79. The van der Waals surface area contributed by atoms with Gasteiger partial charge in [0.15, 0.2) is 0 Å². The van der Waals surface area contributed by atoms with E-state index in [4.69, 9.17) is 16.6 Å². The van der Waals surface area contributed by atoms with Crippen LogP contribution in [0.2, 0.25) is 5.02 Å². The van der Waals surface area contributed by atoms with Gasteiger partial charge in [0.25, 0.3) is 0 Å². The van der Waals surface area contributed by atoms with Crippen molar-refractivity contribution in [2.24, 2.45) is 0 Å². The van der Waals surface area contributed by atoms with Crippen molar-refractivity contribution in [1.82, 2.24) is 14.8 Å². The molecule has 0 atom stereocenters. The van der Waals surface area contributed by atoms with E-state index in [2.05, 4.69) is 17.0 Å². The minimum Gasteiger partial charge on any atom is -0.342 e. The summed E-state index contributed by atoms with van der Waals surface area (Å²) < 4.78 is 1.18. The average molecular weight is 414 g/mol. The van der Waals surface area contributed by atoms with Crippen molar-refractivity contribution < 1.29 is 4.79 Å². The van der Waals surface area contributed by atoms with Gasteiger partial charge in [-0.15, -0.1) is 11.3 Å². The summed E-state index contributed by atoms with van der Waals surface area (Å²) in [6, 6.07) is 16.2. The summed E-state index contributed by atoms with van der Waals surface area (Å²) in [5.41, 5.74) is 2.21. The molecule has 4 rings (SSSR count). The summed E-state index contributed by atoms with van der Waals surface area (Å²) in [7, 11) is 2.00. The first-order valence-electron chi connectivity index (χ1n) is 9.65. The Hall–Kier alpha value is -1.95. The van der Waals surface area contributed by atoms with E-state index in [-0.39, 0.29) is 5.91 Å². The van der Waals surface area contributed by atoms with E-state index in [1.165, 1.54) is 15.3 Å². The molecule has 1 aliphatic rings. The Morgan fingerprint density at radius 2 is 1.96 bits per heavy atom. The number of benzene rings is 2. The number of rotatable bonds is 5. The molecule has 0 bridgehead atoms. The van der Waals surface area contributed by atoms with Gasteiger partial charge in [-0.2, -0.15) is 0 Å². The van der Waals surface area contributed by atoms with E-state index in [1.807, 2.05) is 48.3 Å². The molecule has 0 radical (unpaired) electrons. The fourth-order valence-corrected chi connectivity index (χ4v) is 5.03. The lowest BCUT2D eigenvalue weighted by Crippen LogP contribution is -2.42. The molecule has 2 heterocycles. The number of thiazole rings is 1. The lowest BCUT2D eigenvalue weighted by Gasteiger charge is -2.32. The van der Waals surface area contributed by atoms with Crippen molar-refractivity contribution in [1.29, 1.82) is 0 Å². The first kappa shape index (κ1) is 19.4. The Kier molecular flexibility index (Phi) is 5.95. The zero-order chi connectivity index (χ0) is 19.5. The van der Waals surface area contributed by atoms with E-state index in [0.29, 0.717) is 12.5 Å². The van der Waals surface area contributed by atoms with Crippen molar-refractivity contribution in [2.75, 3.05) is 26.7 Å². The standard InChI is InChI=1S/C22H24ClN3OS/c1-25(14-16-5-3-2-4-6-16)15-21(27)26-11-9-17(10-12-26)22-24-19-13-18(23)7-8-20(19)28-22/h2-8,13,17H,9-12,14-15H2,1H3. The summed E-state index contributed by atoms with van der Waals surface area (Å²) in [5.74, 6) is 0.648. The summed E-state index contributed by atoms with van der Waals surface area (Å²) >= 11 is 7.83. The second-order valence-electron chi connectivity index (χ2n) is 7.48. The van der Waals surface area contributed by atoms with Crippen LogP contribution in [0.1, 0.15) is 29.3 Å². The monoisotopic (exact) mass is 413 g/mol. The molecule has 1 saturated heterocycles. The van der Waals surface area contributed by atoms with Gasteiger partial charge in [0, 0.05) is 30.6 Å². The quantitative estimate of drug-likeness (QED) is 0.603. The highest BCUT2D eigenvalue weighted by Gasteiger charge is 2.26. The first-order valence-corrected chi connectivity index (χ1v) is 10.8. The molecule has 1 aromatic heterocycles. The van der Waals surface area contributed by atoms with Crippen LogP contribution in [-0.2, 0) is 11.3 Å². The number of aromatic nitrogens is 1. The molecule has 2 aromatic carbocycles. The molecule has 1 aliphatic heterocycles.